The van der Waals surface area contributed by atoms with Crippen molar-refractivity contribution in [1.29, 1.82) is 0 Å². The Morgan fingerprint density at radius 1 is 0.512 bits per heavy atom. The molecular weight excluding hydrogens is 510 g/mol. The van der Waals surface area contributed by atoms with Gasteiger partial charge in [0.15, 0.2) is 0 Å². The molecule has 0 radical (unpaired) electrons. The van der Waals surface area contributed by atoms with Crippen LogP contribution in [-0.2, 0) is 13.1 Å². The van der Waals surface area contributed by atoms with E-state index < -0.39 is 5.09 Å². The summed E-state index contributed by atoms with van der Waals surface area (Å²) in [7, 11) is 0. The van der Waals surface area contributed by atoms with E-state index in [1.807, 2.05) is 0 Å². The van der Waals surface area contributed by atoms with E-state index in [2.05, 4.69) is 41.7 Å². The van der Waals surface area contributed by atoms with E-state index in [1.54, 1.807) is 0 Å². The fourth-order valence-electron chi connectivity index (χ4n) is 5.68. The zero-order chi connectivity index (χ0) is 30.1. The number of rotatable bonds is 30. The molecule has 0 spiro atoms. The van der Waals surface area contributed by atoms with Crippen molar-refractivity contribution in [3.63, 3.8) is 0 Å². The minimum Gasteiger partial charge on any atom is -0.356 e. The van der Waals surface area contributed by atoms with Crippen molar-refractivity contribution in [3.8, 4) is 0 Å². The van der Waals surface area contributed by atoms with Crippen LogP contribution in [0.2, 0.25) is 0 Å². The smallest absolute Gasteiger partial charge is 0.243 e. The molecule has 0 saturated heterocycles. The van der Waals surface area contributed by atoms with Gasteiger partial charge < -0.3 is 15.3 Å². The molecule has 1 aromatic rings. The van der Waals surface area contributed by atoms with Crippen LogP contribution in [0, 0.1) is 15.3 Å². The third kappa shape index (κ3) is 32.8. The lowest BCUT2D eigenvalue weighted by Gasteiger charge is -2.03. The summed E-state index contributed by atoms with van der Waals surface area (Å²) in [5.74, 6) is 0. The summed E-state index contributed by atoms with van der Waals surface area (Å²) < 4.78 is 4.81. The Kier molecular flexibility index (Phi) is 31.6. The molecule has 1 aromatic heterocycles. The third-order valence-corrected chi connectivity index (χ3v) is 8.29. The monoisotopic (exact) mass is 580 g/mol. The molecule has 0 atom stereocenters. The van der Waals surface area contributed by atoms with Crippen molar-refractivity contribution in [2.24, 2.45) is 0 Å². The van der Waals surface area contributed by atoms with E-state index in [9.17, 15) is 0 Å². The van der Waals surface area contributed by atoms with E-state index in [0.717, 1.165) is 0 Å². The first-order valence-electron chi connectivity index (χ1n) is 18.0. The molecule has 0 fully saturated rings. The molecule has 0 bridgehead atoms. The maximum absolute atomic E-state index is 8.25. The van der Waals surface area contributed by atoms with Crippen molar-refractivity contribution in [2.45, 2.75) is 207 Å². The second-order valence-corrected chi connectivity index (χ2v) is 12.3. The van der Waals surface area contributed by atoms with Gasteiger partial charge in [0.2, 0.25) is 6.33 Å². The number of imidazole rings is 1. The number of unbranched alkanes of at least 4 members (excludes halogenated alkanes) is 26. The molecular formula is C35H69N3O3. The molecule has 41 heavy (non-hydrogen) atoms. The van der Waals surface area contributed by atoms with Gasteiger partial charge >= 0.3 is 0 Å². The van der Waals surface area contributed by atoms with Gasteiger partial charge in [-0.3, -0.25) is 0 Å². The first kappa shape index (κ1) is 39.4. The van der Waals surface area contributed by atoms with Crippen LogP contribution < -0.4 is 4.57 Å². The predicted octanol–water partition coefficient (Wildman–Crippen LogP) is 11.5. The second-order valence-electron chi connectivity index (χ2n) is 12.3. The van der Waals surface area contributed by atoms with Crippen LogP contribution in [0.3, 0.4) is 0 Å². The zero-order valence-corrected chi connectivity index (χ0v) is 27.5. The summed E-state index contributed by atoms with van der Waals surface area (Å²) in [6.45, 7) is 7.00. The van der Waals surface area contributed by atoms with Crippen LogP contribution in [0.25, 0.3) is 0 Å². The molecule has 0 saturated carbocycles. The maximum Gasteiger partial charge on any atom is 0.243 e. The number of nitrogens with zero attached hydrogens (tertiary/aromatic N) is 3. The first-order chi connectivity index (χ1) is 20.1. The van der Waals surface area contributed by atoms with Gasteiger partial charge in [0, 0.05) is 0 Å². The molecule has 6 nitrogen and oxygen atoms in total. The molecule has 1 heterocycles. The summed E-state index contributed by atoms with van der Waals surface area (Å²) in [6, 6.07) is 0. The van der Waals surface area contributed by atoms with Crippen LogP contribution in [0.5, 0.6) is 0 Å². The Bertz CT molecular complexity index is 600. The van der Waals surface area contributed by atoms with E-state index in [1.165, 1.54) is 193 Å². The highest BCUT2D eigenvalue weighted by molar-refractivity contribution is 4.66. The molecule has 0 N–H and O–H groups in total. The summed E-state index contributed by atoms with van der Waals surface area (Å²) in [5, 5.41) is 14.8. The van der Waals surface area contributed by atoms with Gasteiger partial charge in [-0.1, -0.05) is 168 Å². The van der Waals surface area contributed by atoms with Gasteiger partial charge in [0.25, 0.3) is 0 Å². The van der Waals surface area contributed by atoms with Gasteiger partial charge in [-0.15, -0.1) is 0 Å². The van der Waals surface area contributed by atoms with Gasteiger partial charge in [-0.2, -0.15) is 0 Å². The third-order valence-electron chi connectivity index (χ3n) is 8.29. The minimum atomic E-state index is -1.75. The first-order valence-corrected chi connectivity index (χ1v) is 18.0. The van der Waals surface area contributed by atoms with Crippen LogP contribution >= 0.6 is 0 Å². The van der Waals surface area contributed by atoms with Gasteiger partial charge in [0.1, 0.15) is 12.4 Å². The van der Waals surface area contributed by atoms with Crippen LogP contribution in [0.1, 0.15) is 194 Å². The molecule has 0 aromatic carbocycles. The summed E-state index contributed by atoms with van der Waals surface area (Å²) >= 11 is 0. The second kappa shape index (κ2) is 32.9. The number of hydrogen-bond donors (Lipinski definition) is 0. The average molecular weight is 580 g/mol. The largest absolute Gasteiger partial charge is 0.356 e. The standard InChI is InChI=1S/C35H69N2.NO3/c1-3-5-7-9-11-13-15-17-19-21-23-25-27-29-31-36-33-34-37(35-36)32-30-28-26-24-22-20-18-16-14-12-10-8-6-4-2;2-1(3)4/h33-35H,3-32H2,1-2H3;/q+1;-1. The topological polar surface area (TPSA) is 75.0 Å². The molecule has 6 heteroatoms. The predicted molar refractivity (Wildman–Crippen MR) is 176 cm³/mol. The van der Waals surface area contributed by atoms with E-state index in [4.69, 9.17) is 15.3 Å². The number of aryl methyl sites for hydroxylation is 2. The lowest BCUT2D eigenvalue weighted by molar-refractivity contribution is -0.696. The minimum absolute atomic E-state index is 1.20. The Hall–Kier alpha value is -1.59. The van der Waals surface area contributed by atoms with Crippen LogP contribution in [-0.4, -0.2) is 9.65 Å². The highest BCUT2D eigenvalue weighted by Crippen LogP contribution is 2.14. The lowest BCUT2D eigenvalue weighted by atomic mass is 10.0. The van der Waals surface area contributed by atoms with Gasteiger partial charge in [0.05, 0.1) is 18.2 Å². The summed E-state index contributed by atoms with van der Waals surface area (Å²) in [4.78, 5) is 8.25. The van der Waals surface area contributed by atoms with Gasteiger partial charge in [-0.25, -0.2) is 9.13 Å². The Morgan fingerprint density at radius 3 is 1.15 bits per heavy atom. The molecule has 0 unspecified atom stereocenters. The van der Waals surface area contributed by atoms with Gasteiger partial charge in [-0.05, 0) is 25.7 Å². The average Bonchev–Trinajstić information content (AvgIpc) is 3.40. The van der Waals surface area contributed by atoms with Crippen molar-refractivity contribution in [3.05, 3.63) is 34.0 Å². The highest BCUT2D eigenvalue weighted by atomic mass is 16.9. The number of aromatic nitrogens is 2. The zero-order valence-electron chi connectivity index (χ0n) is 27.5. The van der Waals surface area contributed by atoms with Crippen molar-refractivity contribution < 1.29 is 9.65 Å². The van der Waals surface area contributed by atoms with Crippen molar-refractivity contribution >= 4 is 0 Å². The van der Waals surface area contributed by atoms with Crippen LogP contribution in [0.15, 0.2) is 18.7 Å². The Labute approximate surface area is 254 Å². The fraction of sp³-hybridized carbons (Fsp3) is 0.914. The molecule has 1 rings (SSSR count). The Balaban J connectivity index is 0.00000373. The molecule has 242 valence electrons. The summed E-state index contributed by atoms with van der Waals surface area (Å²) in [5.41, 5.74) is 0. The van der Waals surface area contributed by atoms with Crippen molar-refractivity contribution in [2.75, 3.05) is 0 Å². The highest BCUT2D eigenvalue weighted by Gasteiger charge is 2.04. The molecule has 0 aliphatic carbocycles. The van der Waals surface area contributed by atoms with E-state index >= 15 is 0 Å². The van der Waals surface area contributed by atoms with E-state index in [-0.39, 0.29) is 0 Å². The molecule has 0 amide bonds. The fourth-order valence-corrected chi connectivity index (χ4v) is 5.68. The normalized spacial score (nSPS) is 11.0. The SMILES string of the molecule is CCCCCCCCCCCCCCCCn1cc[n+](CCCCCCCCCCCCCCCC)c1.O=[N+]([O-])[O-]. The molecule has 0 aliphatic rings. The number of hydrogen-bond acceptors (Lipinski definition) is 3. The Morgan fingerprint density at radius 2 is 0.805 bits per heavy atom. The molecule has 0 aliphatic heterocycles. The van der Waals surface area contributed by atoms with Crippen molar-refractivity contribution in [1.82, 2.24) is 4.57 Å². The lowest BCUT2D eigenvalue weighted by Crippen LogP contribution is -2.30. The van der Waals surface area contributed by atoms with E-state index in [0.29, 0.717) is 0 Å². The maximum atomic E-state index is 8.25. The van der Waals surface area contributed by atoms with Crippen LogP contribution in [0.4, 0.5) is 0 Å². The summed E-state index contributed by atoms with van der Waals surface area (Å²) in [6.07, 6.45) is 47.2. The quantitative estimate of drug-likeness (QED) is 0.0393.